The number of anilines is 1. The zero-order chi connectivity index (χ0) is 11.5. The number of carbonyl (C=O) groups excluding carboxylic acids is 1. The van der Waals surface area contributed by atoms with E-state index in [9.17, 15) is 4.79 Å². The summed E-state index contributed by atoms with van der Waals surface area (Å²) in [5, 5.41) is 9.48. The Hall–Kier alpha value is -1.14. The van der Waals surface area contributed by atoms with Crippen molar-refractivity contribution in [1.82, 2.24) is 10.2 Å². The van der Waals surface area contributed by atoms with E-state index in [-0.39, 0.29) is 5.91 Å². The summed E-state index contributed by atoms with van der Waals surface area (Å²) < 4.78 is 0.943. The molecule has 0 spiro atoms. The normalized spacial score (nSPS) is 10.4. The van der Waals surface area contributed by atoms with Gasteiger partial charge in [-0.05, 0) is 34.5 Å². The van der Waals surface area contributed by atoms with Crippen molar-refractivity contribution in [2.45, 2.75) is 13.3 Å². The summed E-state index contributed by atoms with van der Waals surface area (Å²) in [5.41, 5.74) is 1.00. The van der Waals surface area contributed by atoms with E-state index in [0.29, 0.717) is 10.7 Å². The second-order valence-electron chi connectivity index (χ2n) is 3.18. The molecule has 1 amide bonds. The van der Waals surface area contributed by atoms with Gasteiger partial charge in [0.05, 0.1) is 14.9 Å². The lowest BCUT2D eigenvalue weighted by Crippen LogP contribution is -2.11. The van der Waals surface area contributed by atoms with Gasteiger partial charge in [-0.1, -0.05) is 6.92 Å². The summed E-state index contributed by atoms with van der Waals surface area (Å²) in [7, 11) is 0. The van der Waals surface area contributed by atoms with Crippen LogP contribution in [0.4, 0.5) is 5.82 Å². The van der Waals surface area contributed by atoms with Crippen molar-refractivity contribution in [2.24, 2.45) is 0 Å². The Kier molecular flexibility index (Phi) is 3.40. The average molecular weight is 300 g/mol. The maximum Gasteiger partial charge on any atom is 0.266 e. The van der Waals surface area contributed by atoms with E-state index in [0.717, 1.165) is 15.8 Å². The van der Waals surface area contributed by atoms with Crippen LogP contribution in [0, 0.1) is 0 Å². The Morgan fingerprint density at radius 1 is 1.62 bits per heavy atom. The topological polar surface area (TPSA) is 57.8 Å². The summed E-state index contributed by atoms with van der Waals surface area (Å²) in [6.45, 7) is 2.02. The lowest BCUT2D eigenvalue weighted by molar-refractivity contribution is 0.103. The number of aromatic nitrogens is 2. The molecule has 0 aliphatic carbocycles. The smallest absolute Gasteiger partial charge is 0.266 e. The van der Waals surface area contributed by atoms with Gasteiger partial charge in [-0.25, -0.2) is 0 Å². The van der Waals surface area contributed by atoms with E-state index < -0.39 is 0 Å². The van der Waals surface area contributed by atoms with Gasteiger partial charge in [0.1, 0.15) is 5.82 Å². The molecular formula is C10H10BrN3OS. The number of amides is 1. The molecule has 84 valence electrons. The van der Waals surface area contributed by atoms with Crippen LogP contribution in [0.15, 0.2) is 22.1 Å². The maximum absolute atomic E-state index is 11.8. The number of halogens is 1. The van der Waals surface area contributed by atoms with Gasteiger partial charge < -0.3 is 5.32 Å². The van der Waals surface area contributed by atoms with Crippen molar-refractivity contribution in [3.05, 3.63) is 32.6 Å². The van der Waals surface area contributed by atoms with Crippen molar-refractivity contribution in [1.29, 1.82) is 0 Å². The van der Waals surface area contributed by atoms with Gasteiger partial charge in [0.2, 0.25) is 0 Å². The third-order valence-electron chi connectivity index (χ3n) is 2.13. The zero-order valence-electron chi connectivity index (χ0n) is 8.58. The largest absolute Gasteiger partial charge is 0.306 e. The molecule has 0 aliphatic heterocycles. The van der Waals surface area contributed by atoms with E-state index >= 15 is 0 Å². The van der Waals surface area contributed by atoms with E-state index in [4.69, 9.17) is 0 Å². The highest BCUT2D eigenvalue weighted by atomic mass is 79.9. The molecule has 2 aromatic rings. The molecule has 2 heterocycles. The molecule has 16 heavy (non-hydrogen) atoms. The molecule has 2 N–H and O–H groups in total. The number of aromatic amines is 1. The van der Waals surface area contributed by atoms with E-state index in [1.807, 2.05) is 13.0 Å². The van der Waals surface area contributed by atoms with Crippen molar-refractivity contribution >= 4 is 39.0 Å². The number of thiophene rings is 1. The lowest BCUT2D eigenvalue weighted by Gasteiger charge is -2.02. The first-order valence-corrected chi connectivity index (χ1v) is 6.40. The first-order valence-electron chi connectivity index (χ1n) is 4.79. The Labute approximate surface area is 105 Å². The quantitative estimate of drug-likeness (QED) is 0.915. The highest BCUT2D eigenvalue weighted by molar-refractivity contribution is 9.11. The molecule has 0 atom stereocenters. The Balaban J connectivity index is 2.13. The number of aryl methyl sites for hydroxylation is 1. The van der Waals surface area contributed by atoms with E-state index in [2.05, 4.69) is 31.4 Å². The van der Waals surface area contributed by atoms with Crippen molar-refractivity contribution < 1.29 is 4.79 Å². The number of nitrogens with zero attached hydrogens (tertiary/aromatic N) is 1. The van der Waals surface area contributed by atoms with Crippen LogP contribution in [0.3, 0.4) is 0 Å². The first kappa shape index (κ1) is 11.3. The maximum atomic E-state index is 11.8. The molecule has 0 saturated carbocycles. The predicted molar refractivity (Wildman–Crippen MR) is 67.9 cm³/mol. The molecule has 0 fully saturated rings. The summed E-state index contributed by atoms with van der Waals surface area (Å²) in [6, 6.07) is 3.64. The minimum atomic E-state index is -0.116. The molecule has 2 aromatic heterocycles. The van der Waals surface area contributed by atoms with Crippen molar-refractivity contribution in [3.63, 3.8) is 0 Å². The highest BCUT2D eigenvalue weighted by Gasteiger charge is 2.11. The average Bonchev–Trinajstić information content (AvgIpc) is 2.86. The van der Waals surface area contributed by atoms with E-state index in [1.54, 1.807) is 12.3 Å². The van der Waals surface area contributed by atoms with Gasteiger partial charge in [0.15, 0.2) is 0 Å². The van der Waals surface area contributed by atoms with Crippen molar-refractivity contribution in [2.75, 3.05) is 5.32 Å². The molecular weight excluding hydrogens is 290 g/mol. The van der Waals surface area contributed by atoms with Crippen LogP contribution in [-0.4, -0.2) is 16.1 Å². The van der Waals surface area contributed by atoms with Gasteiger partial charge in [-0.15, -0.1) is 11.3 Å². The number of rotatable bonds is 3. The second kappa shape index (κ2) is 4.80. The van der Waals surface area contributed by atoms with Crippen LogP contribution in [0.5, 0.6) is 0 Å². The SMILES string of the molecule is CCc1cn[nH]c1NC(=O)c1ccc(Br)s1. The minimum absolute atomic E-state index is 0.116. The number of nitrogens with one attached hydrogen (secondary N) is 2. The fraction of sp³-hybridized carbons (Fsp3) is 0.200. The van der Waals surface area contributed by atoms with Crippen LogP contribution in [0.25, 0.3) is 0 Å². The molecule has 0 aliphatic rings. The van der Waals surface area contributed by atoms with Crippen LogP contribution in [-0.2, 0) is 6.42 Å². The number of hydrogen-bond acceptors (Lipinski definition) is 3. The van der Waals surface area contributed by atoms with Gasteiger partial charge in [0.25, 0.3) is 5.91 Å². The van der Waals surface area contributed by atoms with Gasteiger partial charge in [-0.3, -0.25) is 9.89 Å². The summed E-state index contributed by atoms with van der Waals surface area (Å²) in [6.07, 6.45) is 2.56. The third kappa shape index (κ3) is 2.33. The molecule has 2 rings (SSSR count). The van der Waals surface area contributed by atoms with Gasteiger partial charge in [-0.2, -0.15) is 5.10 Å². The monoisotopic (exact) mass is 299 g/mol. The highest BCUT2D eigenvalue weighted by Crippen LogP contribution is 2.23. The number of H-pyrrole nitrogens is 1. The Morgan fingerprint density at radius 2 is 2.44 bits per heavy atom. The molecule has 4 nitrogen and oxygen atoms in total. The lowest BCUT2D eigenvalue weighted by atomic mass is 10.2. The van der Waals surface area contributed by atoms with Crippen LogP contribution >= 0.6 is 27.3 Å². The van der Waals surface area contributed by atoms with Gasteiger partial charge in [0, 0.05) is 5.56 Å². The van der Waals surface area contributed by atoms with Crippen LogP contribution in [0.1, 0.15) is 22.2 Å². The number of carbonyl (C=O) groups is 1. The van der Waals surface area contributed by atoms with Crippen molar-refractivity contribution in [3.8, 4) is 0 Å². The first-order chi connectivity index (χ1) is 7.70. The summed E-state index contributed by atoms with van der Waals surface area (Å²) >= 11 is 4.73. The fourth-order valence-electron chi connectivity index (χ4n) is 1.30. The summed E-state index contributed by atoms with van der Waals surface area (Å²) in [4.78, 5) is 12.5. The number of hydrogen-bond donors (Lipinski definition) is 2. The molecule has 0 aromatic carbocycles. The second-order valence-corrected chi connectivity index (χ2v) is 5.64. The Morgan fingerprint density at radius 3 is 3.06 bits per heavy atom. The zero-order valence-corrected chi connectivity index (χ0v) is 11.0. The third-order valence-corrected chi connectivity index (χ3v) is 3.76. The van der Waals surface area contributed by atoms with E-state index in [1.165, 1.54) is 11.3 Å². The molecule has 0 radical (unpaired) electrons. The molecule has 0 unspecified atom stereocenters. The van der Waals surface area contributed by atoms with Gasteiger partial charge >= 0.3 is 0 Å². The van der Waals surface area contributed by atoms with Crippen LogP contribution < -0.4 is 5.32 Å². The minimum Gasteiger partial charge on any atom is -0.306 e. The fourth-order valence-corrected chi connectivity index (χ4v) is 2.58. The molecule has 0 saturated heterocycles. The Bertz CT molecular complexity index is 506. The predicted octanol–water partition coefficient (Wildman–Crippen LogP) is 3.05. The summed E-state index contributed by atoms with van der Waals surface area (Å²) in [5.74, 6) is 0.562. The molecule has 0 bridgehead atoms. The standard InChI is InChI=1S/C10H10BrN3OS/c1-2-6-5-12-14-9(6)13-10(15)7-3-4-8(11)16-7/h3-5H,2H2,1H3,(H2,12,13,14,15). The molecule has 6 heteroatoms. The van der Waals surface area contributed by atoms with Crippen LogP contribution in [0.2, 0.25) is 0 Å².